The van der Waals surface area contributed by atoms with Crippen molar-refractivity contribution in [3.8, 4) is 45.3 Å². The van der Waals surface area contributed by atoms with Gasteiger partial charge in [-0.3, -0.25) is 0 Å². The van der Waals surface area contributed by atoms with Gasteiger partial charge in [0.15, 0.2) is 17.5 Å². The van der Waals surface area contributed by atoms with Crippen molar-refractivity contribution in [2.45, 2.75) is 91.4 Å². The van der Waals surface area contributed by atoms with Crippen molar-refractivity contribution >= 4 is 0 Å². The van der Waals surface area contributed by atoms with E-state index in [2.05, 4.69) is 204 Å². The van der Waals surface area contributed by atoms with Crippen LogP contribution >= 0.6 is 0 Å². The molecule has 0 spiro atoms. The Balaban J connectivity index is 0.866. The molecule has 0 bridgehead atoms. The molecular weight excluding hydrogens is 751 g/mol. The van der Waals surface area contributed by atoms with Crippen LogP contribution in [0.1, 0.15) is 89.6 Å². The largest absolute Gasteiger partial charge is 0.208 e. The fourth-order valence-electron chi connectivity index (χ4n) is 8.26. The molecule has 0 aliphatic heterocycles. The molecule has 0 atom stereocenters. The van der Waals surface area contributed by atoms with Crippen molar-refractivity contribution in [1.82, 2.24) is 15.0 Å². The number of aromatic nitrogens is 3. The van der Waals surface area contributed by atoms with Gasteiger partial charge in [0, 0.05) is 22.1 Å². The van der Waals surface area contributed by atoms with Gasteiger partial charge in [0.25, 0.3) is 0 Å². The van der Waals surface area contributed by atoms with E-state index in [1.165, 1.54) is 67.6 Å². The molecule has 8 rings (SSSR count). The highest BCUT2D eigenvalue weighted by atomic mass is 15.0. The maximum absolute atomic E-state index is 5.03. The first-order chi connectivity index (χ1) is 30.2. The van der Waals surface area contributed by atoms with Gasteiger partial charge in [0.2, 0.25) is 0 Å². The van der Waals surface area contributed by atoms with E-state index in [4.69, 9.17) is 15.0 Å². The Morgan fingerprint density at radius 2 is 0.516 bits per heavy atom. The summed E-state index contributed by atoms with van der Waals surface area (Å²) < 4.78 is 0. The molecule has 7 aromatic carbocycles. The molecule has 0 fully saturated rings. The van der Waals surface area contributed by atoms with Crippen LogP contribution in [-0.4, -0.2) is 15.0 Å². The highest BCUT2D eigenvalue weighted by molar-refractivity contribution is 5.67. The highest BCUT2D eigenvalue weighted by Gasteiger charge is 2.23. The van der Waals surface area contributed by atoms with Crippen molar-refractivity contribution in [3.05, 3.63) is 220 Å². The third-order valence-corrected chi connectivity index (χ3v) is 12.5. The van der Waals surface area contributed by atoms with Crippen LogP contribution in [0.15, 0.2) is 170 Å². The average Bonchev–Trinajstić information content (AvgIpc) is 3.31. The number of nitrogens with zero attached hydrogens (tertiary/aromatic N) is 3. The number of hydrogen-bond donors (Lipinski definition) is 0. The fourth-order valence-corrected chi connectivity index (χ4v) is 8.26. The molecule has 1 aromatic heterocycles. The van der Waals surface area contributed by atoms with Gasteiger partial charge in [-0.1, -0.05) is 200 Å². The Hall–Kier alpha value is -6.45. The summed E-state index contributed by atoms with van der Waals surface area (Å²) >= 11 is 0. The summed E-state index contributed by atoms with van der Waals surface area (Å²) in [7, 11) is 0. The lowest BCUT2D eigenvalue weighted by molar-refractivity contribution is 0.641. The Kier molecular flexibility index (Phi) is 13.3. The molecule has 1 heterocycles. The average molecular weight is 810 g/mol. The van der Waals surface area contributed by atoms with E-state index in [-0.39, 0.29) is 5.41 Å². The lowest BCUT2D eigenvalue weighted by atomic mass is 9.77. The minimum Gasteiger partial charge on any atom is -0.208 e. The quantitative estimate of drug-likeness (QED) is 0.0913. The van der Waals surface area contributed by atoms with Gasteiger partial charge in [-0.05, 0) is 117 Å². The molecular formula is C59H59N3. The number of benzene rings is 7. The molecule has 62 heavy (non-hydrogen) atoms. The Morgan fingerprint density at radius 1 is 0.290 bits per heavy atom. The summed E-state index contributed by atoms with van der Waals surface area (Å²) in [4.78, 5) is 15.0. The Morgan fingerprint density at radius 3 is 0.855 bits per heavy atom. The van der Waals surface area contributed by atoms with E-state index in [0.717, 1.165) is 61.6 Å². The normalized spacial score (nSPS) is 11.5. The third kappa shape index (κ3) is 10.7. The van der Waals surface area contributed by atoms with Gasteiger partial charge in [-0.25, -0.2) is 15.0 Å². The van der Waals surface area contributed by atoms with Crippen molar-refractivity contribution in [1.29, 1.82) is 0 Å². The van der Waals surface area contributed by atoms with Crippen LogP contribution in [0.4, 0.5) is 0 Å². The number of unbranched alkanes of at least 4 members (excludes halogenated alkanes) is 2. The fraction of sp³-hybridized carbons (Fsp3) is 0.237. The van der Waals surface area contributed by atoms with Gasteiger partial charge in [-0.2, -0.15) is 0 Å². The predicted octanol–water partition coefficient (Wildman–Crippen LogP) is 14.9. The number of rotatable bonds is 16. The van der Waals surface area contributed by atoms with Crippen LogP contribution in [0.3, 0.4) is 0 Å². The molecule has 3 nitrogen and oxygen atoms in total. The van der Waals surface area contributed by atoms with Crippen LogP contribution in [0.25, 0.3) is 45.3 Å². The number of hydrogen-bond acceptors (Lipinski definition) is 3. The van der Waals surface area contributed by atoms with Gasteiger partial charge >= 0.3 is 0 Å². The van der Waals surface area contributed by atoms with Gasteiger partial charge < -0.3 is 0 Å². The predicted molar refractivity (Wildman–Crippen MR) is 261 cm³/mol. The molecule has 0 saturated heterocycles. The van der Waals surface area contributed by atoms with E-state index < -0.39 is 0 Å². The molecule has 310 valence electrons. The second kappa shape index (κ2) is 19.5. The topological polar surface area (TPSA) is 38.7 Å². The molecule has 3 heteroatoms. The van der Waals surface area contributed by atoms with E-state index >= 15 is 0 Å². The monoisotopic (exact) mass is 809 g/mol. The first-order valence-corrected chi connectivity index (χ1v) is 22.5. The molecule has 0 radical (unpaired) electrons. The standard InChI is InChI=1S/C59H59N3/c1-42-14-20-45(21-15-42)10-6-7-12-47-24-32-52(33-25-47)57-60-56(51-28-16-43(2)17-29-51)61-58(62-57)53-34-26-48(27-35-53)13-9-8-11-46-22-30-49(31-23-46)50-36-40-55(41-37-50)59(4,5)54-38-18-44(3)19-39-54/h14-41H,6-13H2,1-5H3. The first kappa shape index (κ1) is 42.2. The summed E-state index contributed by atoms with van der Waals surface area (Å²) in [6.45, 7) is 11.0. The SMILES string of the molecule is Cc1ccc(CCCCc2ccc(-c3nc(-c4ccc(C)cc4)nc(-c4ccc(CCCCc5ccc(-c6ccc(C(C)(C)c7ccc(C)cc7)cc6)cc5)cc4)n3)cc2)cc1. The summed E-state index contributed by atoms with van der Waals surface area (Å²) in [5.74, 6) is 2.09. The van der Waals surface area contributed by atoms with Gasteiger partial charge in [0.1, 0.15) is 0 Å². The maximum atomic E-state index is 5.03. The van der Waals surface area contributed by atoms with Crippen LogP contribution in [0.2, 0.25) is 0 Å². The molecule has 0 aliphatic rings. The highest BCUT2D eigenvalue weighted by Crippen LogP contribution is 2.33. The van der Waals surface area contributed by atoms with E-state index in [1.54, 1.807) is 0 Å². The second-order valence-corrected chi connectivity index (χ2v) is 17.7. The maximum Gasteiger partial charge on any atom is 0.164 e. The van der Waals surface area contributed by atoms with Crippen LogP contribution in [0.5, 0.6) is 0 Å². The zero-order valence-corrected chi connectivity index (χ0v) is 37.2. The van der Waals surface area contributed by atoms with E-state index in [1.807, 2.05) is 0 Å². The van der Waals surface area contributed by atoms with E-state index in [9.17, 15) is 0 Å². The lowest BCUT2D eigenvalue weighted by Crippen LogP contribution is -2.18. The Labute approximate surface area is 370 Å². The third-order valence-electron chi connectivity index (χ3n) is 12.5. The van der Waals surface area contributed by atoms with Crippen LogP contribution in [-0.2, 0) is 31.1 Å². The van der Waals surface area contributed by atoms with Crippen molar-refractivity contribution in [3.63, 3.8) is 0 Å². The van der Waals surface area contributed by atoms with Crippen LogP contribution in [0, 0.1) is 20.8 Å². The van der Waals surface area contributed by atoms with Crippen molar-refractivity contribution in [2.24, 2.45) is 0 Å². The zero-order chi connectivity index (χ0) is 42.9. The summed E-state index contributed by atoms with van der Waals surface area (Å²) in [5, 5.41) is 0. The smallest absolute Gasteiger partial charge is 0.164 e. The van der Waals surface area contributed by atoms with E-state index in [0.29, 0.717) is 17.5 Å². The molecule has 0 unspecified atom stereocenters. The molecule has 8 aromatic rings. The second-order valence-electron chi connectivity index (χ2n) is 17.7. The summed E-state index contributed by atoms with van der Waals surface area (Å²) in [6.07, 6.45) is 8.92. The van der Waals surface area contributed by atoms with Crippen LogP contribution < -0.4 is 0 Å². The van der Waals surface area contributed by atoms with Crippen molar-refractivity contribution < 1.29 is 0 Å². The summed E-state index contributed by atoms with van der Waals surface area (Å²) in [5.41, 5.74) is 17.4. The van der Waals surface area contributed by atoms with Gasteiger partial charge in [0.05, 0.1) is 0 Å². The Bertz CT molecular complexity index is 2660. The molecule has 0 saturated carbocycles. The zero-order valence-electron chi connectivity index (χ0n) is 37.2. The lowest BCUT2D eigenvalue weighted by Gasteiger charge is -2.26. The number of aryl methyl sites for hydroxylation is 7. The first-order valence-electron chi connectivity index (χ1n) is 22.5. The summed E-state index contributed by atoms with van der Waals surface area (Å²) in [6, 6.07) is 62.1. The molecule has 0 aliphatic carbocycles. The van der Waals surface area contributed by atoms with Crippen molar-refractivity contribution in [2.75, 3.05) is 0 Å². The molecule has 0 N–H and O–H groups in total. The minimum absolute atomic E-state index is 0.0427. The van der Waals surface area contributed by atoms with Gasteiger partial charge in [-0.15, -0.1) is 0 Å². The molecule has 0 amide bonds. The minimum atomic E-state index is -0.0427.